The second-order valence-corrected chi connectivity index (χ2v) is 9.54. The fraction of sp³-hybridized carbons (Fsp3) is 0.600. The van der Waals surface area contributed by atoms with Crippen molar-refractivity contribution in [2.24, 2.45) is 16.5 Å². The maximum absolute atomic E-state index is 12.3. The first-order valence-corrected chi connectivity index (χ1v) is 12.5. The van der Waals surface area contributed by atoms with E-state index in [1.54, 1.807) is 7.11 Å². The summed E-state index contributed by atoms with van der Waals surface area (Å²) in [5, 5.41) is 6.71. The van der Waals surface area contributed by atoms with Crippen LogP contribution in [0.4, 0.5) is 0 Å². The van der Waals surface area contributed by atoms with Crippen molar-refractivity contribution in [3.63, 3.8) is 0 Å². The number of methoxy groups -OCH3 is 1. The van der Waals surface area contributed by atoms with Crippen molar-refractivity contribution < 1.29 is 14.3 Å². The summed E-state index contributed by atoms with van der Waals surface area (Å²) in [4.78, 5) is 21.8. The molecule has 0 saturated carbocycles. The number of nitrogens with two attached hydrogens (primary N) is 2. The van der Waals surface area contributed by atoms with Gasteiger partial charge in [-0.15, -0.1) is 0 Å². The quantitative estimate of drug-likeness (QED) is 0.384. The van der Waals surface area contributed by atoms with Crippen molar-refractivity contribution in [3.05, 3.63) is 47.3 Å². The molecular formula is C25H39N7O3. The number of nitrogens with zero attached hydrogens (tertiary/aromatic N) is 3. The van der Waals surface area contributed by atoms with Gasteiger partial charge in [0.25, 0.3) is 0 Å². The molecular weight excluding hydrogens is 446 g/mol. The standard InChI is InChI=1S/C25H39N7O3/c1-4-19-25(35-18-7-5-6-16(26)14-18)30-24(22(29-19)23(27)33)28-17-8-9-21(34-3)20(15-17)32-12-10-31(2)11-13-32/h5-6,8-9,16-18,22,29H,4,7,10-15,26H2,1-3H3,(H2,27,33)(H,28,30). The van der Waals surface area contributed by atoms with E-state index in [1.807, 2.05) is 31.2 Å². The Labute approximate surface area is 207 Å². The molecule has 0 bridgehead atoms. The molecule has 1 amide bonds. The van der Waals surface area contributed by atoms with Crippen LogP contribution in [-0.4, -0.2) is 86.1 Å². The molecule has 192 valence electrons. The highest BCUT2D eigenvalue weighted by Crippen LogP contribution is 2.26. The van der Waals surface area contributed by atoms with E-state index in [0.717, 1.165) is 62.6 Å². The molecule has 1 fully saturated rings. The van der Waals surface area contributed by atoms with Crippen LogP contribution in [0.3, 0.4) is 0 Å². The molecule has 0 spiro atoms. The molecule has 0 radical (unpaired) electrons. The van der Waals surface area contributed by atoms with Crippen molar-refractivity contribution in [1.82, 2.24) is 20.4 Å². The zero-order valence-corrected chi connectivity index (χ0v) is 21.0. The maximum atomic E-state index is 12.3. The number of piperazine rings is 1. The minimum Gasteiger partial charge on any atom is -0.495 e. The minimum absolute atomic E-state index is 0.0296. The SMILES string of the molecule is CCC1=C(OC2CC=CC(N)C2)N=C(NC2C=CC(OC)=C(N3CCN(C)CC3)C2)C(C(N)=O)N1. The molecule has 6 N–H and O–H groups in total. The molecule has 2 heterocycles. The fourth-order valence-corrected chi connectivity index (χ4v) is 4.87. The molecule has 0 aromatic carbocycles. The molecule has 10 nitrogen and oxygen atoms in total. The summed E-state index contributed by atoms with van der Waals surface area (Å²) in [6.45, 7) is 5.91. The molecule has 10 heteroatoms. The van der Waals surface area contributed by atoms with Crippen LogP contribution in [0.2, 0.25) is 0 Å². The number of carbonyl (C=O) groups is 1. The Kier molecular flexibility index (Phi) is 8.02. The number of amides is 1. The normalized spacial score (nSPS) is 29.6. The summed E-state index contributed by atoms with van der Waals surface area (Å²) in [5.74, 6) is 1.35. The second-order valence-electron chi connectivity index (χ2n) is 9.54. The van der Waals surface area contributed by atoms with Gasteiger partial charge in [-0.1, -0.05) is 25.2 Å². The van der Waals surface area contributed by atoms with E-state index in [0.29, 0.717) is 18.1 Å². The second kappa shape index (κ2) is 11.2. The number of rotatable bonds is 7. The topological polar surface area (TPSA) is 130 Å². The zero-order valence-electron chi connectivity index (χ0n) is 21.0. The lowest BCUT2D eigenvalue weighted by Crippen LogP contribution is -2.56. The summed E-state index contributed by atoms with van der Waals surface area (Å²) in [5.41, 5.74) is 13.8. The number of carbonyl (C=O) groups excluding carboxylic acids is 1. The van der Waals surface area contributed by atoms with Crippen LogP contribution in [-0.2, 0) is 14.3 Å². The third kappa shape index (κ3) is 5.99. The van der Waals surface area contributed by atoms with E-state index in [1.165, 1.54) is 0 Å². The third-order valence-corrected chi connectivity index (χ3v) is 6.92. The van der Waals surface area contributed by atoms with Gasteiger partial charge in [-0.05, 0) is 19.5 Å². The van der Waals surface area contributed by atoms with Crippen LogP contribution in [0.15, 0.2) is 52.3 Å². The van der Waals surface area contributed by atoms with Gasteiger partial charge in [0.2, 0.25) is 11.8 Å². The van der Waals surface area contributed by atoms with Gasteiger partial charge in [0, 0.05) is 51.5 Å². The zero-order chi connectivity index (χ0) is 24.9. The first-order valence-electron chi connectivity index (χ1n) is 12.5. The minimum atomic E-state index is -0.751. The molecule has 0 aromatic rings. The average Bonchev–Trinajstić information content (AvgIpc) is 2.84. The van der Waals surface area contributed by atoms with E-state index in [9.17, 15) is 4.79 Å². The number of likely N-dealkylation sites (N-methyl/N-ethyl adjacent to an activating group) is 1. The number of hydrogen-bond acceptors (Lipinski definition) is 9. The van der Waals surface area contributed by atoms with E-state index >= 15 is 0 Å². The van der Waals surface area contributed by atoms with E-state index in [2.05, 4.69) is 27.5 Å². The number of primary amides is 1. The summed E-state index contributed by atoms with van der Waals surface area (Å²) < 4.78 is 11.9. The Morgan fingerprint density at radius 3 is 2.71 bits per heavy atom. The van der Waals surface area contributed by atoms with Gasteiger partial charge in [-0.25, -0.2) is 0 Å². The van der Waals surface area contributed by atoms with Gasteiger partial charge >= 0.3 is 0 Å². The number of ether oxygens (including phenoxy) is 2. The highest BCUT2D eigenvalue weighted by Gasteiger charge is 2.33. The lowest BCUT2D eigenvalue weighted by Gasteiger charge is -2.38. The Bertz CT molecular complexity index is 947. The number of aliphatic imine (C=N–C) groups is 1. The maximum Gasteiger partial charge on any atom is 0.247 e. The number of amidine groups is 1. The average molecular weight is 486 g/mol. The summed E-state index contributed by atoms with van der Waals surface area (Å²) in [6.07, 6.45) is 10.9. The molecule has 4 atom stereocenters. The number of hydrogen-bond donors (Lipinski definition) is 4. The van der Waals surface area contributed by atoms with Crippen LogP contribution in [0.25, 0.3) is 0 Å². The Balaban J connectivity index is 1.52. The Hall–Kier alpha value is -2.98. The molecule has 4 rings (SSSR count). The molecule has 0 aromatic heterocycles. The van der Waals surface area contributed by atoms with E-state index in [-0.39, 0.29) is 18.2 Å². The van der Waals surface area contributed by atoms with Crippen LogP contribution in [0, 0.1) is 0 Å². The van der Waals surface area contributed by atoms with Crippen molar-refractivity contribution >= 4 is 11.7 Å². The highest BCUT2D eigenvalue weighted by molar-refractivity contribution is 6.07. The first kappa shape index (κ1) is 25.1. The summed E-state index contributed by atoms with van der Waals surface area (Å²) in [7, 11) is 3.84. The van der Waals surface area contributed by atoms with E-state index in [4.69, 9.17) is 25.9 Å². The Morgan fingerprint density at radius 1 is 1.29 bits per heavy atom. The predicted molar refractivity (Wildman–Crippen MR) is 136 cm³/mol. The van der Waals surface area contributed by atoms with Crippen LogP contribution >= 0.6 is 0 Å². The largest absolute Gasteiger partial charge is 0.495 e. The van der Waals surface area contributed by atoms with Gasteiger partial charge in [0.15, 0.2) is 6.04 Å². The molecule has 2 aliphatic carbocycles. The van der Waals surface area contributed by atoms with Crippen LogP contribution < -0.4 is 22.1 Å². The van der Waals surface area contributed by atoms with Crippen LogP contribution in [0.5, 0.6) is 0 Å². The predicted octanol–water partition coefficient (Wildman–Crippen LogP) is 0.507. The Morgan fingerprint density at radius 2 is 2.06 bits per heavy atom. The van der Waals surface area contributed by atoms with E-state index < -0.39 is 11.9 Å². The summed E-state index contributed by atoms with van der Waals surface area (Å²) >= 11 is 0. The fourth-order valence-electron chi connectivity index (χ4n) is 4.87. The number of allylic oxidation sites excluding steroid dienone is 2. The summed E-state index contributed by atoms with van der Waals surface area (Å²) in [6, 6.07) is -0.849. The van der Waals surface area contributed by atoms with Gasteiger partial charge < -0.3 is 41.4 Å². The van der Waals surface area contributed by atoms with Gasteiger partial charge in [0.1, 0.15) is 17.7 Å². The van der Waals surface area contributed by atoms with Crippen molar-refractivity contribution in [2.75, 3.05) is 40.3 Å². The molecule has 4 unspecified atom stereocenters. The third-order valence-electron chi connectivity index (χ3n) is 6.92. The molecule has 1 saturated heterocycles. The smallest absolute Gasteiger partial charge is 0.247 e. The van der Waals surface area contributed by atoms with Crippen molar-refractivity contribution in [1.29, 1.82) is 0 Å². The number of nitrogens with one attached hydrogen (secondary N) is 2. The molecule has 4 aliphatic rings. The van der Waals surface area contributed by atoms with Crippen LogP contribution in [0.1, 0.15) is 32.6 Å². The monoisotopic (exact) mass is 485 g/mol. The van der Waals surface area contributed by atoms with Gasteiger partial charge in [-0.2, -0.15) is 4.99 Å². The lowest BCUT2D eigenvalue weighted by molar-refractivity contribution is -0.118. The van der Waals surface area contributed by atoms with Gasteiger partial charge in [0.05, 0.1) is 24.5 Å². The lowest BCUT2D eigenvalue weighted by atomic mass is 10.0. The van der Waals surface area contributed by atoms with Crippen molar-refractivity contribution in [3.8, 4) is 0 Å². The van der Waals surface area contributed by atoms with Crippen molar-refractivity contribution in [2.45, 2.75) is 56.8 Å². The molecule has 35 heavy (non-hydrogen) atoms. The first-order chi connectivity index (χ1) is 16.9. The molecule has 2 aliphatic heterocycles. The van der Waals surface area contributed by atoms with Gasteiger partial charge in [-0.3, -0.25) is 4.79 Å². The highest BCUT2D eigenvalue weighted by atomic mass is 16.5.